The van der Waals surface area contributed by atoms with Gasteiger partial charge in [0.25, 0.3) is 0 Å². The number of nitrogens with zero attached hydrogens (tertiary/aromatic N) is 3. The molecule has 1 saturated carbocycles. The van der Waals surface area contributed by atoms with Crippen LogP contribution in [0.3, 0.4) is 0 Å². The van der Waals surface area contributed by atoms with E-state index in [4.69, 9.17) is 4.98 Å². The van der Waals surface area contributed by atoms with E-state index in [0.717, 1.165) is 48.5 Å². The second kappa shape index (κ2) is 10.0. The zero-order valence-electron chi connectivity index (χ0n) is 17.3. The average Bonchev–Trinajstić information content (AvgIpc) is 2.75. The van der Waals surface area contributed by atoms with E-state index in [1.807, 2.05) is 43.3 Å². The van der Waals surface area contributed by atoms with Gasteiger partial charge < -0.3 is 15.5 Å². The van der Waals surface area contributed by atoms with Crippen LogP contribution >= 0.6 is 0 Å². The van der Waals surface area contributed by atoms with E-state index in [0.29, 0.717) is 30.1 Å². The Labute approximate surface area is 182 Å². The van der Waals surface area contributed by atoms with Crippen molar-refractivity contribution in [2.45, 2.75) is 51.7 Å². The molecule has 0 spiro atoms. The summed E-state index contributed by atoms with van der Waals surface area (Å²) in [6, 6.07) is 12.9. The topological polar surface area (TPSA) is 53.1 Å². The Balaban J connectivity index is 0.00000272. The number of halogens is 2. The molecule has 2 aromatic carbocycles. The number of benzene rings is 2. The summed E-state index contributed by atoms with van der Waals surface area (Å²) >= 11 is 0. The maximum absolute atomic E-state index is 13.8. The van der Waals surface area contributed by atoms with Crippen LogP contribution in [0.15, 0.2) is 42.5 Å². The predicted octanol–water partition coefficient (Wildman–Crippen LogP) is 5.12. The minimum absolute atomic E-state index is 0. The molecule has 0 bridgehead atoms. The highest BCUT2D eigenvalue weighted by atomic mass is 19.2. The summed E-state index contributed by atoms with van der Waals surface area (Å²) in [7, 11) is 3.97. The number of hydrogen-bond acceptors (Lipinski definition) is 5. The molecule has 5 nitrogen and oxygen atoms in total. The molecular weight excluding hydrogens is 396 g/mol. The van der Waals surface area contributed by atoms with Crippen molar-refractivity contribution in [1.29, 1.82) is 0 Å². The first kappa shape index (κ1) is 22.9. The van der Waals surface area contributed by atoms with Crippen LogP contribution in [0.4, 0.5) is 20.5 Å². The van der Waals surface area contributed by atoms with Gasteiger partial charge in [-0.15, -0.1) is 0 Å². The number of anilines is 2. The van der Waals surface area contributed by atoms with E-state index in [-0.39, 0.29) is 7.43 Å². The molecule has 1 aliphatic rings. The molecule has 1 heterocycles. The van der Waals surface area contributed by atoms with E-state index < -0.39 is 11.6 Å². The maximum atomic E-state index is 13.8. The SMILES string of the molecule is C.CN(C)c1nc(NC2CCC(NCc3cccc(F)c3F)CC2)nc2ccccc12. The molecular formula is C24H31F2N5. The van der Waals surface area contributed by atoms with Gasteiger partial charge in [0.1, 0.15) is 5.82 Å². The van der Waals surface area contributed by atoms with Gasteiger partial charge in [-0.1, -0.05) is 31.7 Å². The lowest BCUT2D eigenvalue weighted by Crippen LogP contribution is -2.37. The molecule has 1 aromatic heterocycles. The number of nitrogens with one attached hydrogen (secondary N) is 2. The molecule has 0 aliphatic heterocycles. The van der Waals surface area contributed by atoms with E-state index in [9.17, 15) is 8.78 Å². The lowest BCUT2D eigenvalue weighted by atomic mass is 9.91. The van der Waals surface area contributed by atoms with E-state index in [2.05, 4.69) is 15.6 Å². The molecule has 1 aliphatic carbocycles. The Morgan fingerprint density at radius 3 is 2.39 bits per heavy atom. The predicted molar refractivity (Wildman–Crippen MR) is 123 cm³/mol. The quantitative estimate of drug-likeness (QED) is 0.572. The van der Waals surface area contributed by atoms with Crippen LogP contribution in [-0.4, -0.2) is 36.1 Å². The summed E-state index contributed by atoms with van der Waals surface area (Å²) in [6.07, 6.45) is 3.86. The molecule has 2 N–H and O–H groups in total. The first-order chi connectivity index (χ1) is 14.5. The van der Waals surface area contributed by atoms with Gasteiger partial charge >= 0.3 is 0 Å². The first-order valence-electron chi connectivity index (χ1n) is 10.4. The number of fused-ring (bicyclic) bond motifs is 1. The van der Waals surface area contributed by atoms with Crippen molar-refractivity contribution >= 4 is 22.7 Å². The van der Waals surface area contributed by atoms with Crippen molar-refractivity contribution in [2.24, 2.45) is 0 Å². The van der Waals surface area contributed by atoms with Gasteiger partial charge in [0.15, 0.2) is 11.6 Å². The van der Waals surface area contributed by atoms with Gasteiger partial charge in [-0.3, -0.25) is 0 Å². The Kier molecular flexibility index (Phi) is 7.38. The van der Waals surface area contributed by atoms with Crippen LogP contribution < -0.4 is 15.5 Å². The first-order valence-corrected chi connectivity index (χ1v) is 10.4. The third kappa shape index (κ3) is 5.28. The Bertz CT molecular complexity index is 1020. The Morgan fingerprint density at radius 1 is 0.935 bits per heavy atom. The molecule has 1 fully saturated rings. The molecule has 0 atom stereocenters. The molecule has 166 valence electrons. The average molecular weight is 428 g/mol. The minimum Gasteiger partial charge on any atom is -0.362 e. The van der Waals surface area contributed by atoms with E-state index in [1.165, 1.54) is 0 Å². The van der Waals surface area contributed by atoms with E-state index >= 15 is 0 Å². The fourth-order valence-corrected chi connectivity index (χ4v) is 4.03. The summed E-state index contributed by atoms with van der Waals surface area (Å²) in [5, 5.41) is 7.89. The molecule has 0 saturated heterocycles. The van der Waals surface area contributed by atoms with Gasteiger partial charge in [0.05, 0.1) is 5.52 Å². The minimum atomic E-state index is -0.797. The molecule has 3 aromatic rings. The van der Waals surface area contributed by atoms with Gasteiger partial charge in [0.2, 0.25) is 5.95 Å². The van der Waals surface area contributed by atoms with Crippen LogP contribution in [0.2, 0.25) is 0 Å². The smallest absolute Gasteiger partial charge is 0.225 e. The van der Waals surface area contributed by atoms with Crippen molar-refractivity contribution in [1.82, 2.24) is 15.3 Å². The second-order valence-corrected chi connectivity index (χ2v) is 8.07. The summed E-state index contributed by atoms with van der Waals surface area (Å²) in [4.78, 5) is 11.4. The van der Waals surface area contributed by atoms with Crippen LogP contribution in [0.1, 0.15) is 38.7 Å². The molecule has 0 unspecified atom stereocenters. The molecule has 0 amide bonds. The number of aromatic nitrogens is 2. The summed E-state index contributed by atoms with van der Waals surface area (Å²) in [5.41, 5.74) is 1.29. The van der Waals surface area contributed by atoms with Crippen molar-refractivity contribution < 1.29 is 8.78 Å². The summed E-state index contributed by atoms with van der Waals surface area (Å²) < 4.78 is 27.2. The molecule has 7 heteroatoms. The second-order valence-electron chi connectivity index (χ2n) is 8.07. The number of hydrogen-bond donors (Lipinski definition) is 2. The molecule has 0 radical (unpaired) electrons. The van der Waals surface area contributed by atoms with Gasteiger partial charge in [0, 0.05) is 43.7 Å². The van der Waals surface area contributed by atoms with Crippen LogP contribution in [0.5, 0.6) is 0 Å². The Morgan fingerprint density at radius 2 is 1.65 bits per heavy atom. The highest BCUT2D eigenvalue weighted by molar-refractivity contribution is 5.90. The van der Waals surface area contributed by atoms with Gasteiger partial charge in [-0.05, 0) is 43.9 Å². The fraction of sp³-hybridized carbons (Fsp3) is 0.417. The lowest BCUT2D eigenvalue weighted by Gasteiger charge is -2.30. The van der Waals surface area contributed by atoms with Gasteiger partial charge in [-0.2, -0.15) is 4.98 Å². The fourth-order valence-electron chi connectivity index (χ4n) is 4.03. The van der Waals surface area contributed by atoms with Crippen molar-refractivity contribution in [2.75, 3.05) is 24.3 Å². The summed E-state index contributed by atoms with van der Waals surface area (Å²) in [6.45, 7) is 0.340. The molecule has 4 rings (SSSR count). The van der Waals surface area contributed by atoms with Crippen molar-refractivity contribution in [3.8, 4) is 0 Å². The monoisotopic (exact) mass is 427 g/mol. The van der Waals surface area contributed by atoms with Gasteiger partial charge in [-0.25, -0.2) is 13.8 Å². The van der Waals surface area contributed by atoms with Crippen LogP contribution in [-0.2, 0) is 6.54 Å². The third-order valence-electron chi connectivity index (χ3n) is 5.68. The number of rotatable bonds is 6. The molecule has 31 heavy (non-hydrogen) atoms. The normalized spacial score (nSPS) is 18.5. The van der Waals surface area contributed by atoms with Crippen LogP contribution in [0.25, 0.3) is 10.9 Å². The van der Waals surface area contributed by atoms with Crippen molar-refractivity contribution in [3.63, 3.8) is 0 Å². The maximum Gasteiger partial charge on any atom is 0.225 e. The zero-order chi connectivity index (χ0) is 21.1. The number of para-hydroxylation sites is 1. The largest absolute Gasteiger partial charge is 0.362 e. The highest BCUT2D eigenvalue weighted by Crippen LogP contribution is 2.26. The zero-order valence-corrected chi connectivity index (χ0v) is 17.3. The standard InChI is InChI=1S/C23H27F2N5.CH4/c1-30(2)22-18-7-3-4-9-20(18)28-23(29-22)27-17-12-10-16(11-13-17)26-14-15-6-5-8-19(24)21(15)25;/h3-9,16-17,26H,10-14H2,1-2H3,(H,27,28,29);1H4. The van der Waals surface area contributed by atoms with Crippen LogP contribution in [0, 0.1) is 11.6 Å². The van der Waals surface area contributed by atoms with E-state index in [1.54, 1.807) is 12.1 Å². The lowest BCUT2D eigenvalue weighted by molar-refractivity contribution is 0.349. The summed E-state index contributed by atoms with van der Waals surface area (Å²) in [5.74, 6) is -0.00796. The Hall–Kier alpha value is -2.80. The third-order valence-corrected chi connectivity index (χ3v) is 5.68. The highest BCUT2D eigenvalue weighted by Gasteiger charge is 2.22. The van der Waals surface area contributed by atoms with Crippen molar-refractivity contribution in [3.05, 3.63) is 59.7 Å².